The molecule has 0 radical (unpaired) electrons. The number of rotatable bonds is 5. The highest BCUT2D eigenvalue weighted by Crippen LogP contribution is 2.25. The Morgan fingerprint density at radius 1 is 1.18 bits per heavy atom. The number of carbonyl (C=O) groups is 2. The van der Waals surface area contributed by atoms with Gasteiger partial charge in [-0.25, -0.2) is 0 Å². The number of carbonyl (C=O) groups excluding carboxylic acids is 2. The van der Waals surface area contributed by atoms with Crippen molar-refractivity contribution in [3.8, 4) is 0 Å². The van der Waals surface area contributed by atoms with Crippen molar-refractivity contribution in [2.45, 2.75) is 64.3 Å². The molecule has 126 valence electrons. The number of nitrogens with one attached hydrogen (secondary N) is 1. The Morgan fingerprint density at radius 3 is 2.68 bits per heavy atom. The van der Waals surface area contributed by atoms with E-state index in [4.69, 9.17) is 0 Å². The number of piperidine rings is 1. The third-order valence-electron chi connectivity index (χ3n) is 5.08. The van der Waals surface area contributed by atoms with E-state index >= 15 is 0 Å². The Bertz CT molecular complexity index is 386. The summed E-state index contributed by atoms with van der Waals surface area (Å²) >= 11 is 0. The van der Waals surface area contributed by atoms with Gasteiger partial charge in [-0.1, -0.05) is 19.8 Å². The van der Waals surface area contributed by atoms with E-state index in [9.17, 15) is 14.7 Å². The van der Waals surface area contributed by atoms with Gasteiger partial charge in [-0.3, -0.25) is 9.59 Å². The fraction of sp³-hybridized carbons (Fsp3) is 0.882. The molecule has 3 unspecified atom stereocenters. The van der Waals surface area contributed by atoms with Crippen LogP contribution in [0.4, 0.5) is 0 Å². The van der Waals surface area contributed by atoms with Crippen molar-refractivity contribution in [1.29, 1.82) is 0 Å². The van der Waals surface area contributed by atoms with Crippen LogP contribution in [0.25, 0.3) is 0 Å². The van der Waals surface area contributed by atoms with E-state index in [0.717, 1.165) is 51.5 Å². The predicted molar refractivity (Wildman–Crippen MR) is 85.2 cm³/mol. The van der Waals surface area contributed by atoms with Gasteiger partial charge in [-0.15, -0.1) is 0 Å². The molecule has 5 heteroatoms. The number of likely N-dealkylation sites (tertiary alicyclic amines) is 1. The standard InChI is InChI=1S/C17H30N2O3/c1-2-6-16(21)19-10-5-8-13(11-19)17(22)18-15-9-4-3-7-14(15)12-20/h13-15,20H,2-12H2,1H3,(H,18,22). The minimum absolute atomic E-state index is 0.0688. The summed E-state index contributed by atoms with van der Waals surface area (Å²) < 4.78 is 0. The van der Waals surface area contributed by atoms with Gasteiger partial charge in [0.2, 0.25) is 11.8 Å². The molecule has 3 atom stereocenters. The van der Waals surface area contributed by atoms with Crippen LogP contribution >= 0.6 is 0 Å². The van der Waals surface area contributed by atoms with E-state index in [-0.39, 0.29) is 36.3 Å². The lowest BCUT2D eigenvalue weighted by Gasteiger charge is -2.35. The summed E-state index contributed by atoms with van der Waals surface area (Å²) in [7, 11) is 0. The molecule has 1 saturated carbocycles. The number of amides is 2. The van der Waals surface area contributed by atoms with E-state index in [2.05, 4.69) is 5.32 Å². The van der Waals surface area contributed by atoms with Gasteiger partial charge in [0, 0.05) is 38.1 Å². The molecule has 1 heterocycles. The van der Waals surface area contributed by atoms with E-state index in [1.54, 1.807) is 0 Å². The van der Waals surface area contributed by atoms with Crippen LogP contribution in [0.1, 0.15) is 58.3 Å². The molecule has 0 spiro atoms. The van der Waals surface area contributed by atoms with Crippen LogP contribution in [0.3, 0.4) is 0 Å². The molecule has 0 bridgehead atoms. The largest absolute Gasteiger partial charge is 0.396 e. The molecular weight excluding hydrogens is 280 g/mol. The number of aliphatic hydroxyl groups is 1. The van der Waals surface area contributed by atoms with E-state index in [1.165, 1.54) is 0 Å². The zero-order valence-corrected chi connectivity index (χ0v) is 13.7. The highest BCUT2D eigenvalue weighted by atomic mass is 16.3. The summed E-state index contributed by atoms with van der Waals surface area (Å²) in [5.41, 5.74) is 0. The van der Waals surface area contributed by atoms with Crippen molar-refractivity contribution in [3.63, 3.8) is 0 Å². The van der Waals surface area contributed by atoms with Gasteiger partial charge in [0.15, 0.2) is 0 Å². The lowest BCUT2D eigenvalue weighted by Crippen LogP contribution is -2.50. The molecule has 1 saturated heterocycles. The van der Waals surface area contributed by atoms with Gasteiger partial charge in [0.05, 0.1) is 5.92 Å². The molecule has 0 aromatic rings. The lowest BCUT2D eigenvalue weighted by atomic mass is 9.84. The second-order valence-electron chi connectivity index (χ2n) is 6.77. The molecule has 2 aliphatic rings. The Morgan fingerprint density at radius 2 is 1.95 bits per heavy atom. The van der Waals surface area contributed by atoms with Crippen molar-refractivity contribution in [1.82, 2.24) is 10.2 Å². The molecule has 5 nitrogen and oxygen atoms in total. The average molecular weight is 310 g/mol. The third kappa shape index (κ3) is 4.45. The van der Waals surface area contributed by atoms with Crippen LogP contribution in [-0.2, 0) is 9.59 Å². The molecule has 2 fully saturated rings. The quantitative estimate of drug-likeness (QED) is 0.812. The first-order valence-corrected chi connectivity index (χ1v) is 8.84. The van der Waals surface area contributed by atoms with Crippen LogP contribution in [-0.4, -0.2) is 47.6 Å². The maximum atomic E-state index is 12.5. The van der Waals surface area contributed by atoms with Gasteiger partial charge in [-0.05, 0) is 32.1 Å². The summed E-state index contributed by atoms with van der Waals surface area (Å²) in [5, 5.41) is 12.6. The van der Waals surface area contributed by atoms with Gasteiger partial charge in [-0.2, -0.15) is 0 Å². The monoisotopic (exact) mass is 310 g/mol. The van der Waals surface area contributed by atoms with E-state index in [1.807, 2.05) is 11.8 Å². The summed E-state index contributed by atoms with van der Waals surface area (Å²) in [6.07, 6.45) is 7.40. The van der Waals surface area contributed by atoms with Crippen molar-refractivity contribution in [2.75, 3.05) is 19.7 Å². The minimum atomic E-state index is -0.0872. The molecule has 2 rings (SSSR count). The third-order valence-corrected chi connectivity index (χ3v) is 5.08. The maximum absolute atomic E-state index is 12.5. The first-order chi connectivity index (χ1) is 10.7. The molecule has 2 amide bonds. The van der Waals surface area contributed by atoms with Crippen molar-refractivity contribution < 1.29 is 14.7 Å². The predicted octanol–water partition coefficient (Wildman–Crippen LogP) is 1.69. The number of hydrogen-bond acceptors (Lipinski definition) is 3. The molecule has 22 heavy (non-hydrogen) atoms. The van der Waals surface area contributed by atoms with Gasteiger partial charge in [0.25, 0.3) is 0 Å². The first-order valence-electron chi connectivity index (χ1n) is 8.84. The molecule has 2 N–H and O–H groups in total. The van der Waals surface area contributed by atoms with Crippen LogP contribution in [0.5, 0.6) is 0 Å². The number of aliphatic hydroxyl groups excluding tert-OH is 1. The molecule has 1 aliphatic heterocycles. The van der Waals surface area contributed by atoms with Crippen LogP contribution in [0.2, 0.25) is 0 Å². The fourth-order valence-electron chi connectivity index (χ4n) is 3.71. The number of hydrogen-bond donors (Lipinski definition) is 2. The highest BCUT2D eigenvalue weighted by molar-refractivity contribution is 5.81. The maximum Gasteiger partial charge on any atom is 0.225 e. The Balaban J connectivity index is 1.87. The Kier molecular flexibility index (Phi) is 6.68. The molecular formula is C17H30N2O3. The fourth-order valence-corrected chi connectivity index (χ4v) is 3.71. The topological polar surface area (TPSA) is 69.6 Å². The smallest absolute Gasteiger partial charge is 0.225 e. The van der Waals surface area contributed by atoms with Crippen LogP contribution in [0.15, 0.2) is 0 Å². The summed E-state index contributed by atoms with van der Waals surface area (Å²) in [5.74, 6) is 0.347. The van der Waals surface area contributed by atoms with Crippen molar-refractivity contribution in [3.05, 3.63) is 0 Å². The summed E-state index contributed by atoms with van der Waals surface area (Å²) in [4.78, 5) is 26.4. The second-order valence-corrected chi connectivity index (χ2v) is 6.77. The number of nitrogens with zero attached hydrogens (tertiary/aromatic N) is 1. The van der Waals surface area contributed by atoms with Crippen LogP contribution in [0, 0.1) is 11.8 Å². The Labute approximate surface area is 133 Å². The average Bonchev–Trinajstić information content (AvgIpc) is 2.55. The molecule has 0 aromatic carbocycles. The second kappa shape index (κ2) is 8.51. The van der Waals surface area contributed by atoms with Gasteiger partial charge < -0.3 is 15.3 Å². The van der Waals surface area contributed by atoms with E-state index in [0.29, 0.717) is 13.0 Å². The summed E-state index contributed by atoms with van der Waals surface area (Å²) in [6.45, 7) is 3.49. The SMILES string of the molecule is CCCC(=O)N1CCCC(C(=O)NC2CCCCC2CO)C1. The normalized spacial score (nSPS) is 29.2. The highest BCUT2D eigenvalue weighted by Gasteiger charge is 2.31. The van der Waals surface area contributed by atoms with Crippen molar-refractivity contribution in [2.24, 2.45) is 11.8 Å². The molecule has 1 aliphatic carbocycles. The van der Waals surface area contributed by atoms with Gasteiger partial charge in [0.1, 0.15) is 0 Å². The van der Waals surface area contributed by atoms with Gasteiger partial charge >= 0.3 is 0 Å². The lowest BCUT2D eigenvalue weighted by molar-refractivity contribution is -0.136. The van der Waals surface area contributed by atoms with Crippen LogP contribution < -0.4 is 5.32 Å². The summed E-state index contributed by atoms with van der Waals surface area (Å²) in [6, 6.07) is 0.105. The van der Waals surface area contributed by atoms with Crippen molar-refractivity contribution >= 4 is 11.8 Å². The zero-order valence-electron chi connectivity index (χ0n) is 13.7. The van der Waals surface area contributed by atoms with E-state index < -0.39 is 0 Å². The Hall–Kier alpha value is -1.10. The zero-order chi connectivity index (χ0) is 15.9. The molecule has 0 aromatic heterocycles. The first kappa shape index (κ1) is 17.3. The minimum Gasteiger partial charge on any atom is -0.396 e.